The maximum Gasteiger partial charge on any atom is 0.318 e. The SMILES string of the molecule is C=CCN(CC(=O)N(CCOC)Cc1cccn1C)C(=O)NCc1ccccc1. The van der Waals surface area contributed by atoms with Gasteiger partial charge in [-0.15, -0.1) is 6.58 Å². The lowest BCUT2D eigenvalue weighted by molar-refractivity contribution is -0.133. The zero-order valence-electron chi connectivity index (χ0n) is 17.2. The van der Waals surface area contributed by atoms with E-state index in [1.807, 2.05) is 60.3 Å². The molecule has 0 aliphatic carbocycles. The van der Waals surface area contributed by atoms with Crippen molar-refractivity contribution in [1.82, 2.24) is 19.7 Å². The van der Waals surface area contributed by atoms with E-state index in [0.29, 0.717) is 26.2 Å². The molecule has 156 valence electrons. The van der Waals surface area contributed by atoms with Crippen LogP contribution in [0.1, 0.15) is 11.3 Å². The molecule has 0 aliphatic heterocycles. The van der Waals surface area contributed by atoms with Crippen molar-refractivity contribution in [3.05, 3.63) is 72.6 Å². The summed E-state index contributed by atoms with van der Waals surface area (Å²) in [5.74, 6) is -0.139. The van der Waals surface area contributed by atoms with Gasteiger partial charge in [-0.2, -0.15) is 0 Å². The lowest BCUT2D eigenvalue weighted by Gasteiger charge is -2.27. The van der Waals surface area contributed by atoms with Crippen LogP contribution in [-0.2, 0) is 29.7 Å². The Kier molecular flexibility index (Phi) is 8.98. The van der Waals surface area contributed by atoms with Gasteiger partial charge in [-0.3, -0.25) is 4.79 Å². The predicted octanol–water partition coefficient (Wildman–Crippen LogP) is 2.40. The maximum atomic E-state index is 13.0. The van der Waals surface area contributed by atoms with Crippen LogP contribution in [0, 0.1) is 0 Å². The van der Waals surface area contributed by atoms with Gasteiger partial charge < -0.3 is 24.4 Å². The summed E-state index contributed by atoms with van der Waals surface area (Å²) in [5, 5.41) is 2.87. The number of nitrogens with one attached hydrogen (secondary N) is 1. The van der Waals surface area contributed by atoms with E-state index in [1.54, 1.807) is 18.1 Å². The van der Waals surface area contributed by atoms with Crippen LogP contribution in [-0.4, -0.2) is 59.7 Å². The molecule has 3 amide bonds. The normalized spacial score (nSPS) is 10.4. The Hall–Kier alpha value is -3.06. The van der Waals surface area contributed by atoms with Gasteiger partial charge >= 0.3 is 6.03 Å². The number of hydrogen-bond acceptors (Lipinski definition) is 3. The lowest BCUT2D eigenvalue weighted by Crippen LogP contribution is -2.47. The number of hydrogen-bond donors (Lipinski definition) is 1. The molecule has 0 saturated heterocycles. The van der Waals surface area contributed by atoms with Gasteiger partial charge in [-0.25, -0.2) is 4.79 Å². The van der Waals surface area contributed by atoms with Crippen LogP contribution in [0.15, 0.2) is 61.3 Å². The molecule has 0 atom stereocenters. The summed E-state index contributed by atoms with van der Waals surface area (Å²) in [4.78, 5) is 28.7. The third kappa shape index (κ3) is 7.12. The second kappa shape index (κ2) is 11.7. The fourth-order valence-electron chi connectivity index (χ4n) is 2.87. The predicted molar refractivity (Wildman–Crippen MR) is 113 cm³/mol. The molecule has 0 bridgehead atoms. The summed E-state index contributed by atoms with van der Waals surface area (Å²) >= 11 is 0. The van der Waals surface area contributed by atoms with Gasteiger partial charge in [0.05, 0.1) is 13.2 Å². The minimum Gasteiger partial charge on any atom is -0.383 e. The summed E-state index contributed by atoms with van der Waals surface area (Å²) in [6, 6.07) is 13.3. The molecular formula is C22H30N4O3. The minimum atomic E-state index is -0.298. The number of rotatable bonds is 11. The van der Waals surface area contributed by atoms with Gasteiger partial charge in [0.1, 0.15) is 6.54 Å². The van der Waals surface area contributed by atoms with Crippen molar-refractivity contribution >= 4 is 11.9 Å². The molecule has 0 aliphatic rings. The monoisotopic (exact) mass is 398 g/mol. The summed E-state index contributed by atoms with van der Waals surface area (Å²) in [7, 11) is 3.54. The number of aryl methyl sites for hydroxylation is 1. The van der Waals surface area contributed by atoms with Gasteiger partial charge in [-0.1, -0.05) is 36.4 Å². The fraction of sp³-hybridized carbons (Fsp3) is 0.364. The average Bonchev–Trinajstić information content (AvgIpc) is 3.14. The average molecular weight is 399 g/mol. The van der Waals surface area contributed by atoms with Crippen LogP contribution in [0.25, 0.3) is 0 Å². The molecule has 0 spiro atoms. The number of urea groups is 1. The third-order valence-electron chi connectivity index (χ3n) is 4.57. The second-order valence-electron chi connectivity index (χ2n) is 6.73. The number of carbonyl (C=O) groups is 2. The maximum absolute atomic E-state index is 13.0. The van der Waals surface area contributed by atoms with Gasteiger partial charge in [0.25, 0.3) is 0 Å². The fourth-order valence-corrected chi connectivity index (χ4v) is 2.87. The van der Waals surface area contributed by atoms with E-state index in [9.17, 15) is 9.59 Å². The van der Waals surface area contributed by atoms with Gasteiger partial charge in [-0.05, 0) is 17.7 Å². The zero-order chi connectivity index (χ0) is 21.1. The first-order chi connectivity index (χ1) is 14.0. The molecule has 1 aromatic carbocycles. The van der Waals surface area contributed by atoms with Crippen molar-refractivity contribution in [3.8, 4) is 0 Å². The second-order valence-corrected chi connectivity index (χ2v) is 6.73. The lowest BCUT2D eigenvalue weighted by atomic mass is 10.2. The molecule has 7 heteroatoms. The summed E-state index contributed by atoms with van der Waals surface area (Å²) in [6.07, 6.45) is 3.56. The molecule has 0 fully saturated rings. The molecule has 0 unspecified atom stereocenters. The summed E-state index contributed by atoms with van der Waals surface area (Å²) in [6.45, 7) is 5.70. The molecule has 0 radical (unpaired) electrons. The van der Waals surface area contributed by atoms with E-state index < -0.39 is 0 Å². The first-order valence-corrected chi connectivity index (χ1v) is 9.59. The largest absolute Gasteiger partial charge is 0.383 e. The van der Waals surface area contributed by atoms with E-state index in [0.717, 1.165) is 11.3 Å². The van der Waals surface area contributed by atoms with Crippen molar-refractivity contribution in [1.29, 1.82) is 0 Å². The number of amides is 3. The number of carbonyl (C=O) groups excluding carboxylic acids is 2. The standard InChI is InChI=1S/C22H30N4O3/c1-4-12-26(22(28)23-16-19-9-6-5-7-10-19)18-21(27)25(14-15-29-3)17-20-11-8-13-24(20)2/h4-11,13H,1,12,14-18H2,2-3H3,(H,23,28). The van der Waals surface area contributed by atoms with Crippen molar-refractivity contribution in [2.75, 3.05) is 33.4 Å². The Morgan fingerprint density at radius 2 is 1.93 bits per heavy atom. The summed E-state index contributed by atoms with van der Waals surface area (Å²) in [5.41, 5.74) is 2.01. The number of nitrogens with zero attached hydrogens (tertiary/aromatic N) is 3. The molecule has 1 aromatic heterocycles. The van der Waals surface area contributed by atoms with Crippen LogP contribution in [0.5, 0.6) is 0 Å². The molecule has 1 heterocycles. The highest BCUT2D eigenvalue weighted by Gasteiger charge is 2.21. The van der Waals surface area contributed by atoms with Crippen molar-refractivity contribution in [2.24, 2.45) is 7.05 Å². The van der Waals surface area contributed by atoms with Crippen LogP contribution >= 0.6 is 0 Å². The highest BCUT2D eigenvalue weighted by atomic mass is 16.5. The van der Waals surface area contributed by atoms with Crippen LogP contribution in [0.4, 0.5) is 4.79 Å². The van der Waals surface area contributed by atoms with Gasteiger partial charge in [0.15, 0.2) is 0 Å². The minimum absolute atomic E-state index is 0.0270. The number of methoxy groups -OCH3 is 1. The molecule has 7 nitrogen and oxygen atoms in total. The topological polar surface area (TPSA) is 66.8 Å². The van der Waals surface area contributed by atoms with Crippen molar-refractivity contribution in [2.45, 2.75) is 13.1 Å². The van der Waals surface area contributed by atoms with E-state index in [2.05, 4.69) is 11.9 Å². The van der Waals surface area contributed by atoms with Crippen LogP contribution < -0.4 is 5.32 Å². The smallest absolute Gasteiger partial charge is 0.318 e. The third-order valence-corrected chi connectivity index (χ3v) is 4.57. The molecule has 2 aromatic rings. The molecule has 2 rings (SSSR count). The quantitative estimate of drug-likeness (QED) is 0.591. The Bertz CT molecular complexity index is 788. The Balaban J connectivity index is 2.00. The zero-order valence-corrected chi connectivity index (χ0v) is 17.2. The van der Waals surface area contributed by atoms with Crippen LogP contribution in [0.3, 0.4) is 0 Å². The molecular weight excluding hydrogens is 368 g/mol. The number of benzene rings is 1. The Labute approximate surface area is 172 Å². The highest BCUT2D eigenvalue weighted by molar-refractivity contribution is 5.84. The van der Waals surface area contributed by atoms with Gasteiger partial charge in [0.2, 0.25) is 5.91 Å². The van der Waals surface area contributed by atoms with Crippen LogP contribution in [0.2, 0.25) is 0 Å². The van der Waals surface area contributed by atoms with Gasteiger partial charge in [0, 0.05) is 45.7 Å². The molecule has 1 N–H and O–H groups in total. The van der Waals surface area contributed by atoms with Crippen molar-refractivity contribution < 1.29 is 14.3 Å². The first kappa shape index (κ1) is 22.2. The number of aromatic nitrogens is 1. The van der Waals surface area contributed by atoms with Crippen molar-refractivity contribution in [3.63, 3.8) is 0 Å². The van der Waals surface area contributed by atoms with E-state index in [-0.39, 0.29) is 25.0 Å². The summed E-state index contributed by atoms with van der Waals surface area (Å²) < 4.78 is 7.12. The molecule has 29 heavy (non-hydrogen) atoms. The highest BCUT2D eigenvalue weighted by Crippen LogP contribution is 2.07. The first-order valence-electron chi connectivity index (χ1n) is 9.59. The Morgan fingerprint density at radius 1 is 1.17 bits per heavy atom. The van der Waals surface area contributed by atoms with E-state index >= 15 is 0 Å². The van der Waals surface area contributed by atoms with E-state index in [4.69, 9.17) is 4.74 Å². The number of ether oxygens (including phenoxy) is 1. The Morgan fingerprint density at radius 3 is 2.55 bits per heavy atom. The molecule has 0 saturated carbocycles. The van der Waals surface area contributed by atoms with E-state index in [1.165, 1.54) is 4.90 Å².